The summed E-state index contributed by atoms with van der Waals surface area (Å²) in [5.74, 6) is 0. The van der Waals surface area contributed by atoms with Gasteiger partial charge in [0.25, 0.3) is 0 Å². The monoisotopic (exact) mass is 386 g/mol. The third-order valence-corrected chi connectivity index (χ3v) is 6.81. The molecule has 1 aliphatic heterocycles. The van der Waals surface area contributed by atoms with Gasteiger partial charge >= 0.3 is 5.69 Å². The van der Waals surface area contributed by atoms with E-state index in [0.29, 0.717) is 25.3 Å². The Morgan fingerprint density at radius 3 is 2.33 bits per heavy atom. The van der Waals surface area contributed by atoms with Crippen LogP contribution < -0.4 is 5.69 Å². The lowest BCUT2D eigenvalue weighted by atomic mass is 10.2. The molecule has 0 radical (unpaired) electrons. The predicted molar refractivity (Wildman–Crippen MR) is 102 cm³/mol. The quantitative estimate of drug-likeness (QED) is 0.688. The molecule has 0 atom stereocenters. The molecule has 2 aromatic heterocycles. The van der Waals surface area contributed by atoms with Gasteiger partial charge in [-0.3, -0.25) is 0 Å². The molecule has 4 rings (SSSR count). The Morgan fingerprint density at radius 1 is 0.926 bits per heavy atom. The van der Waals surface area contributed by atoms with Crippen LogP contribution in [-0.2, 0) is 16.6 Å². The Labute approximate surface area is 157 Å². The lowest BCUT2D eigenvalue weighted by Gasteiger charge is -2.19. The van der Waals surface area contributed by atoms with Crippen LogP contribution in [0.1, 0.15) is 31.2 Å². The molecule has 0 aliphatic carbocycles. The van der Waals surface area contributed by atoms with Gasteiger partial charge in [0.2, 0.25) is 10.0 Å². The maximum Gasteiger partial charge on any atom is 0.350 e. The van der Waals surface area contributed by atoms with E-state index in [1.807, 2.05) is 30.3 Å². The summed E-state index contributed by atoms with van der Waals surface area (Å²) in [5, 5.41) is 4.32. The van der Waals surface area contributed by atoms with Gasteiger partial charge in [-0.1, -0.05) is 43.2 Å². The number of hydrogen-bond donors (Lipinski definition) is 0. The first kappa shape index (κ1) is 17.9. The van der Waals surface area contributed by atoms with Crippen molar-refractivity contribution >= 4 is 15.7 Å². The van der Waals surface area contributed by atoms with E-state index in [0.717, 1.165) is 31.2 Å². The highest BCUT2D eigenvalue weighted by molar-refractivity contribution is 7.89. The Morgan fingerprint density at radius 2 is 1.63 bits per heavy atom. The zero-order valence-electron chi connectivity index (χ0n) is 15.0. The highest BCUT2D eigenvalue weighted by atomic mass is 32.2. The number of pyridine rings is 1. The van der Waals surface area contributed by atoms with E-state index in [2.05, 4.69) is 5.10 Å². The molecule has 0 amide bonds. The van der Waals surface area contributed by atoms with Gasteiger partial charge < -0.3 is 0 Å². The van der Waals surface area contributed by atoms with Crippen LogP contribution in [0, 0.1) is 0 Å². The molecule has 0 bridgehead atoms. The lowest BCUT2D eigenvalue weighted by Crippen LogP contribution is -2.32. The minimum Gasteiger partial charge on any atom is -0.249 e. The van der Waals surface area contributed by atoms with Crippen LogP contribution in [0.4, 0.5) is 0 Å². The first-order valence-electron chi connectivity index (χ1n) is 9.19. The number of sulfonamides is 1. The van der Waals surface area contributed by atoms with Crippen molar-refractivity contribution in [3.8, 4) is 0 Å². The number of fused-ring (bicyclic) bond motifs is 1. The number of benzene rings is 1. The largest absolute Gasteiger partial charge is 0.350 e. The van der Waals surface area contributed by atoms with E-state index in [1.54, 1.807) is 6.07 Å². The molecular weight excluding hydrogens is 364 g/mol. The van der Waals surface area contributed by atoms with Crippen molar-refractivity contribution in [3.63, 3.8) is 0 Å². The maximum absolute atomic E-state index is 13.0. The van der Waals surface area contributed by atoms with Crippen molar-refractivity contribution in [2.24, 2.45) is 0 Å². The second-order valence-corrected chi connectivity index (χ2v) is 8.78. The lowest BCUT2D eigenvalue weighted by molar-refractivity contribution is 0.423. The smallest absolute Gasteiger partial charge is 0.249 e. The second-order valence-electron chi connectivity index (χ2n) is 6.84. The van der Waals surface area contributed by atoms with Crippen LogP contribution in [0.5, 0.6) is 0 Å². The Kier molecular flexibility index (Phi) is 4.84. The van der Waals surface area contributed by atoms with Gasteiger partial charge in [0.1, 0.15) is 0 Å². The molecule has 0 N–H and O–H groups in total. The number of rotatable bonds is 4. The van der Waals surface area contributed by atoms with Crippen LogP contribution in [-0.4, -0.2) is 40.0 Å². The Balaban J connectivity index is 1.70. The van der Waals surface area contributed by atoms with E-state index in [9.17, 15) is 13.2 Å². The molecule has 7 nitrogen and oxygen atoms in total. The fourth-order valence-corrected chi connectivity index (χ4v) is 4.96. The molecule has 3 aromatic rings. The first-order valence-corrected chi connectivity index (χ1v) is 10.6. The van der Waals surface area contributed by atoms with E-state index in [4.69, 9.17) is 0 Å². The van der Waals surface area contributed by atoms with E-state index < -0.39 is 10.0 Å². The van der Waals surface area contributed by atoms with Crippen LogP contribution in [0.15, 0.2) is 58.4 Å². The zero-order valence-corrected chi connectivity index (χ0v) is 15.8. The van der Waals surface area contributed by atoms with Gasteiger partial charge in [0.15, 0.2) is 5.65 Å². The molecule has 1 aromatic carbocycles. The van der Waals surface area contributed by atoms with Crippen LogP contribution in [0.3, 0.4) is 0 Å². The highest BCUT2D eigenvalue weighted by Crippen LogP contribution is 2.20. The topological polar surface area (TPSA) is 76.7 Å². The second kappa shape index (κ2) is 7.28. The van der Waals surface area contributed by atoms with Crippen molar-refractivity contribution < 1.29 is 8.42 Å². The van der Waals surface area contributed by atoms with Crippen LogP contribution in [0.2, 0.25) is 0 Å². The van der Waals surface area contributed by atoms with Gasteiger partial charge in [-0.05, 0) is 30.5 Å². The van der Waals surface area contributed by atoms with Gasteiger partial charge in [-0.25, -0.2) is 22.3 Å². The molecule has 1 fully saturated rings. The van der Waals surface area contributed by atoms with Crippen molar-refractivity contribution in [2.45, 2.75) is 37.1 Å². The molecule has 8 heteroatoms. The summed E-state index contributed by atoms with van der Waals surface area (Å²) in [6.45, 7) is 1.40. The maximum atomic E-state index is 13.0. The molecule has 0 saturated carbocycles. The van der Waals surface area contributed by atoms with Gasteiger partial charge in [0, 0.05) is 19.3 Å². The van der Waals surface area contributed by atoms with Gasteiger partial charge in [-0.2, -0.15) is 4.31 Å². The summed E-state index contributed by atoms with van der Waals surface area (Å²) >= 11 is 0. The minimum absolute atomic E-state index is 0.137. The summed E-state index contributed by atoms with van der Waals surface area (Å²) in [6.07, 6.45) is 5.24. The standard InChI is InChI=1S/C19H22N4O3S/c24-19-22-15-17(27(25,26)21-12-6-1-2-7-13-21)10-11-18(22)20-23(19)14-16-8-4-3-5-9-16/h3-5,8-11,15H,1-2,6-7,12-14H2. The Hall–Kier alpha value is -2.45. The molecule has 1 saturated heterocycles. The number of nitrogens with zero attached hydrogens (tertiary/aromatic N) is 4. The summed E-state index contributed by atoms with van der Waals surface area (Å²) in [6, 6.07) is 12.7. The van der Waals surface area contributed by atoms with E-state index in [1.165, 1.54) is 25.7 Å². The van der Waals surface area contributed by atoms with Crippen LogP contribution >= 0.6 is 0 Å². The summed E-state index contributed by atoms with van der Waals surface area (Å²) in [7, 11) is -3.61. The molecule has 0 spiro atoms. The van der Waals surface area contributed by atoms with Gasteiger partial charge in [-0.15, -0.1) is 5.10 Å². The Bertz CT molecular complexity index is 1090. The van der Waals surface area contributed by atoms with Crippen molar-refractivity contribution in [1.29, 1.82) is 0 Å². The average molecular weight is 386 g/mol. The zero-order chi connectivity index (χ0) is 18.9. The molecule has 1 aliphatic rings. The molecule has 3 heterocycles. The summed E-state index contributed by atoms with van der Waals surface area (Å²) in [4.78, 5) is 12.8. The number of hydrogen-bond acceptors (Lipinski definition) is 4. The van der Waals surface area contributed by atoms with Crippen molar-refractivity contribution in [3.05, 3.63) is 64.7 Å². The fourth-order valence-electron chi connectivity index (χ4n) is 3.44. The molecule has 27 heavy (non-hydrogen) atoms. The molecular formula is C19H22N4O3S. The molecule has 142 valence electrons. The van der Waals surface area contributed by atoms with Crippen LogP contribution in [0.25, 0.3) is 5.65 Å². The predicted octanol–water partition coefficient (Wildman–Crippen LogP) is 2.11. The fraction of sp³-hybridized carbons (Fsp3) is 0.368. The van der Waals surface area contributed by atoms with Crippen molar-refractivity contribution in [2.75, 3.05) is 13.1 Å². The van der Waals surface area contributed by atoms with E-state index >= 15 is 0 Å². The minimum atomic E-state index is -3.61. The van der Waals surface area contributed by atoms with E-state index in [-0.39, 0.29) is 10.6 Å². The normalized spacial score (nSPS) is 16.4. The first-order chi connectivity index (χ1) is 13.1. The third-order valence-electron chi connectivity index (χ3n) is 4.93. The number of aromatic nitrogens is 3. The summed E-state index contributed by atoms with van der Waals surface area (Å²) in [5.41, 5.74) is 1.05. The summed E-state index contributed by atoms with van der Waals surface area (Å²) < 4.78 is 30.1. The SMILES string of the molecule is O=c1n(Cc2ccccc2)nc2ccc(S(=O)(=O)N3CCCCCC3)cn12. The van der Waals surface area contributed by atoms with Gasteiger partial charge in [0.05, 0.1) is 11.4 Å². The van der Waals surface area contributed by atoms with Crippen molar-refractivity contribution in [1.82, 2.24) is 18.5 Å². The highest BCUT2D eigenvalue weighted by Gasteiger charge is 2.26. The molecule has 0 unspecified atom stereocenters. The average Bonchev–Trinajstić information content (AvgIpc) is 2.86. The third kappa shape index (κ3) is 3.54.